The highest BCUT2D eigenvalue weighted by molar-refractivity contribution is 5.81. The first-order chi connectivity index (χ1) is 9.78. The smallest absolute Gasteiger partial charge is 0.323 e. The Kier molecular flexibility index (Phi) is 5.96. The van der Waals surface area contributed by atoms with Crippen LogP contribution in [0.3, 0.4) is 0 Å². The van der Waals surface area contributed by atoms with Crippen molar-refractivity contribution in [3.63, 3.8) is 0 Å². The first kappa shape index (κ1) is 17.2. The van der Waals surface area contributed by atoms with E-state index in [4.69, 9.17) is 4.42 Å². The number of amides is 1. The van der Waals surface area contributed by atoms with E-state index >= 15 is 0 Å². The molecule has 1 heterocycles. The Hall–Kier alpha value is -1.82. The lowest BCUT2D eigenvalue weighted by molar-refractivity contribution is -0.144. The van der Waals surface area contributed by atoms with Gasteiger partial charge in [0.2, 0.25) is 5.91 Å². The number of hydrogen-bond donors (Lipinski definition) is 2. The van der Waals surface area contributed by atoms with E-state index in [9.17, 15) is 14.7 Å². The molecule has 1 aromatic rings. The van der Waals surface area contributed by atoms with Crippen LogP contribution in [0.5, 0.6) is 0 Å². The summed E-state index contributed by atoms with van der Waals surface area (Å²) in [5, 5.41) is 12.1. The van der Waals surface area contributed by atoms with Crippen molar-refractivity contribution in [1.82, 2.24) is 10.2 Å². The summed E-state index contributed by atoms with van der Waals surface area (Å²) >= 11 is 0. The first-order valence-corrected chi connectivity index (χ1v) is 7.06. The molecule has 1 aromatic heterocycles. The second kappa shape index (κ2) is 7.26. The standard InChI is InChI=1S/C15H24N2O4/c1-5-8-15(3,14(19)20)16-9-13(18)17(4)10-12-7-6-11(2)21-12/h6-7,16H,5,8-10H2,1-4H3,(H,19,20). The fourth-order valence-electron chi connectivity index (χ4n) is 2.07. The van der Waals surface area contributed by atoms with Gasteiger partial charge in [0.05, 0.1) is 13.1 Å². The average Bonchev–Trinajstić information content (AvgIpc) is 2.81. The number of nitrogens with one attached hydrogen (secondary N) is 1. The Morgan fingerprint density at radius 1 is 1.43 bits per heavy atom. The van der Waals surface area contributed by atoms with Crippen LogP contribution in [0.4, 0.5) is 0 Å². The Bertz CT molecular complexity index is 498. The summed E-state index contributed by atoms with van der Waals surface area (Å²) in [5.41, 5.74) is -1.08. The maximum Gasteiger partial charge on any atom is 0.323 e. The molecule has 0 bridgehead atoms. The summed E-state index contributed by atoms with van der Waals surface area (Å²) in [5.74, 6) is 0.386. The molecule has 0 aliphatic rings. The van der Waals surface area contributed by atoms with Gasteiger partial charge in [-0.15, -0.1) is 0 Å². The van der Waals surface area contributed by atoms with Crippen molar-refractivity contribution in [2.45, 2.75) is 45.7 Å². The number of likely N-dealkylation sites (N-methyl/N-ethyl adjacent to an activating group) is 1. The van der Waals surface area contributed by atoms with Crippen LogP contribution in [-0.2, 0) is 16.1 Å². The van der Waals surface area contributed by atoms with Crippen molar-refractivity contribution in [1.29, 1.82) is 0 Å². The van der Waals surface area contributed by atoms with Gasteiger partial charge in [-0.25, -0.2) is 0 Å². The third kappa shape index (κ3) is 4.90. The number of carbonyl (C=O) groups is 2. The lowest BCUT2D eigenvalue weighted by Crippen LogP contribution is -2.52. The molecule has 1 unspecified atom stereocenters. The molecule has 0 saturated heterocycles. The molecule has 2 N–H and O–H groups in total. The molecular weight excluding hydrogens is 272 g/mol. The molecule has 0 fully saturated rings. The van der Waals surface area contributed by atoms with E-state index in [2.05, 4.69) is 5.32 Å². The molecule has 1 atom stereocenters. The molecule has 21 heavy (non-hydrogen) atoms. The quantitative estimate of drug-likeness (QED) is 0.764. The van der Waals surface area contributed by atoms with Crippen LogP contribution in [0, 0.1) is 6.92 Å². The molecule has 0 aromatic carbocycles. The minimum Gasteiger partial charge on any atom is -0.480 e. The maximum atomic E-state index is 12.1. The predicted octanol–water partition coefficient (Wildman–Crippen LogP) is 1.78. The number of hydrogen-bond acceptors (Lipinski definition) is 4. The highest BCUT2D eigenvalue weighted by atomic mass is 16.4. The molecule has 118 valence electrons. The molecule has 0 aliphatic carbocycles. The van der Waals surface area contributed by atoms with E-state index in [0.29, 0.717) is 18.7 Å². The summed E-state index contributed by atoms with van der Waals surface area (Å²) in [4.78, 5) is 24.9. The van der Waals surface area contributed by atoms with Crippen molar-refractivity contribution in [2.75, 3.05) is 13.6 Å². The van der Waals surface area contributed by atoms with Gasteiger partial charge in [0.25, 0.3) is 0 Å². The van der Waals surface area contributed by atoms with Gasteiger partial charge in [-0.05, 0) is 32.4 Å². The van der Waals surface area contributed by atoms with Crippen LogP contribution in [-0.4, -0.2) is 41.0 Å². The van der Waals surface area contributed by atoms with Gasteiger partial charge < -0.3 is 14.4 Å². The fourth-order valence-corrected chi connectivity index (χ4v) is 2.07. The number of aryl methyl sites for hydroxylation is 1. The molecule has 1 rings (SSSR count). The summed E-state index contributed by atoms with van der Waals surface area (Å²) in [6.07, 6.45) is 1.20. The minimum absolute atomic E-state index is 0.0149. The Labute approximate surface area is 125 Å². The Morgan fingerprint density at radius 3 is 2.57 bits per heavy atom. The van der Waals surface area contributed by atoms with Gasteiger partial charge in [-0.1, -0.05) is 13.3 Å². The number of furan rings is 1. The van der Waals surface area contributed by atoms with Crippen molar-refractivity contribution in [3.05, 3.63) is 23.7 Å². The van der Waals surface area contributed by atoms with Crippen molar-refractivity contribution < 1.29 is 19.1 Å². The van der Waals surface area contributed by atoms with Gasteiger partial charge in [0.1, 0.15) is 17.1 Å². The molecular formula is C15H24N2O4. The second-order valence-electron chi connectivity index (χ2n) is 5.50. The van der Waals surface area contributed by atoms with Crippen molar-refractivity contribution in [2.24, 2.45) is 0 Å². The third-order valence-corrected chi connectivity index (χ3v) is 3.47. The van der Waals surface area contributed by atoms with Crippen LogP contribution in [0.1, 0.15) is 38.2 Å². The number of rotatable bonds is 8. The van der Waals surface area contributed by atoms with Gasteiger partial charge in [0.15, 0.2) is 0 Å². The summed E-state index contributed by atoms with van der Waals surface area (Å²) in [6, 6.07) is 3.67. The fraction of sp³-hybridized carbons (Fsp3) is 0.600. The van der Waals surface area contributed by atoms with Crippen LogP contribution in [0.15, 0.2) is 16.5 Å². The highest BCUT2D eigenvalue weighted by Crippen LogP contribution is 2.13. The van der Waals surface area contributed by atoms with E-state index in [0.717, 1.165) is 12.2 Å². The monoisotopic (exact) mass is 296 g/mol. The maximum absolute atomic E-state index is 12.1. The van der Waals surface area contributed by atoms with Gasteiger partial charge in [-0.2, -0.15) is 0 Å². The van der Waals surface area contributed by atoms with E-state index in [-0.39, 0.29) is 12.5 Å². The van der Waals surface area contributed by atoms with E-state index in [1.807, 2.05) is 26.0 Å². The molecule has 0 aliphatic heterocycles. The van der Waals surface area contributed by atoms with E-state index in [1.54, 1.807) is 14.0 Å². The van der Waals surface area contributed by atoms with Crippen molar-refractivity contribution >= 4 is 11.9 Å². The van der Waals surface area contributed by atoms with Crippen LogP contribution >= 0.6 is 0 Å². The van der Waals surface area contributed by atoms with Crippen LogP contribution < -0.4 is 5.32 Å². The molecule has 1 amide bonds. The summed E-state index contributed by atoms with van der Waals surface area (Å²) in [7, 11) is 1.67. The second-order valence-corrected chi connectivity index (χ2v) is 5.50. The van der Waals surface area contributed by atoms with Crippen LogP contribution in [0.2, 0.25) is 0 Å². The summed E-state index contributed by atoms with van der Waals surface area (Å²) < 4.78 is 5.42. The number of nitrogens with zero attached hydrogens (tertiary/aromatic N) is 1. The van der Waals surface area contributed by atoms with Gasteiger partial charge in [-0.3, -0.25) is 14.9 Å². The third-order valence-electron chi connectivity index (χ3n) is 3.47. The highest BCUT2D eigenvalue weighted by Gasteiger charge is 2.32. The van der Waals surface area contributed by atoms with E-state index < -0.39 is 11.5 Å². The number of carbonyl (C=O) groups excluding carboxylic acids is 1. The number of carboxylic acids is 1. The SMILES string of the molecule is CCCC(C)(NCC(=O)N(C)Cc1ccc(C)o1)C(=O)O. The zero-order valence-electron chi connectivity index (χ0n) is 13.1. The molecule has 0 saturated carbocycles. The lowest BCUT2D eigenvalue weighted by Gasteiger charge is -2.26. The normalized spacial score (nSPS) is 13.7. The van der Waals surface area contributed by atoms with Gasteiger partial charge >= 0.3 is 5.97 Å². The summed E-state index contributed by atoms with van der Waals surface area (Å²) in [6.45, 7) is 5.71. The zero-order chi connectivity index (χ0) is 16.0. The predicted molar refractivity (Wildman–Crippen MR) is 78.9 cm³/mol. The Balaban J connectivity index is 2.53. The van der Waals surface area contributed by atoms with Crippen LogP contribution in [0.25, 0.3) is 0 Å². The Morgan fingerprint density at radius 2 is 2.10 bits per heavy atom. The molecule has 6 heteroatoms. The van der Waals surface area contributed by atoms with Crippen molar-refractivity contribution in [3.8, 4) is 0 Å². The number of carboxylic acid groups (broad SMARTS) is 1. The van der Waals surface area contributed by atoms with E-state index in [1.165, 1.54) is 4.90 Å². The molecule has 0 radical (unpaired) electrons. The topological polar surface area (TPSA) is 82.8 Å². The van der Waals surface area contributed by atoms with Gasteiger partial charge in [0, 0.05) is 7.05 Å². The zero-order valence-corrected chi connectivity index (χ0v) is 13.1. The minimum atomic E-state index is -1.08. The average molecular weight is 296 g/mol. The molecule has 0 spiro atoms. The lowest BCUT2D eigenvalue weighted by atomic mass is 9.96. The first-order valence-electron chi connectivity index (χ1n) is 7.06. The largest absolute Gasteiger partial charge is 0.480 e. The number of aliphatic carboxylic acids is 1. The molecule has 6 nitrogen and oxygen atoms in total.